The van der Waals surface area contributed by atoms with E-state index in [0.717, 1.165) is 0 Å². The topological polar surface area (TPSA) is 109 Å². The normalized spacial score (nSPS) is 19.6. The van der Waals surface area contributed by atoms with E-state index >= 15 is 0 Å². The minimum atomic E-state index is -4.64. The number of halogens is 3. The van der Waals surface area contributed by atoms with Crippen molar-refractivity contribution in [1.82, 2.24) is 9.97 Å². The summed E-state index contributed by atoms with van der Waals surface area (Å²) in [6.07, 6.45) is -4.64. The van der Waals surface area contributed by atoms with Crippen LogP contribution >= 0.6 is 0 Å². The van der Waals surface area contributed by atoms with Gasteiger partial charge in [-0.3, -0.25) is 14.9 Å². The number of benzene rings is 1. The number of nitro benzene ring substituents is 1. The molecule has 1 aromatic carbocycles. The number of alkyl halides is 3. The zero-order chi connectivity index (χ0) is 20.6. The Morgan fingerprint density at radius 1 is 1.25 bits per heavy atom. The fraction of sp³-hybridized carbons (Fsp3) is 0.353. The Bertz CT molecular complexity index is 918. The summed E-state index contributed by atoms with van der Waals surface area (Å²) in [5, 5.41) is 19.9. The minimum absolute atomic E-state index is 0.117. The maximum Gasteiger partial charge on any atom is 0.394 e. The van der Waals surface area contributed by atoms with Gasteiger partial charge in [0.1, 0.15) is 5.82 Å². The predicted molar refractivity (Wildman–Crippen MR) is 91.7 cm³/mol. The number of carbonyl (C=O) groups is 1. The Labute approximate surface area is 156 Å². The van der Waals surface area contributed by atoms with Gasteiger partial charge in [-0.1, -0.05) is 0 Å². The third-order valence-corrected chi connectivity index (χ3v) is 4.56. The number of non-ortho nitro benzene ring substituents is 1. The highest BCUT2D eigenvalue weighted by Gasteiger charge is 2.52. The Morgan fingerprint density at radius 2 is 1.89 bits per heavy atom. The van der Waals surface area contributed by atoms with Crippen molar-refractivity contribution in [2.24, 2.45) is 11.8 Å². The molecule has 0 bridgehead atoms. The van der Waals surface area contributed by atoms with Gasteiger partial charge in [-0.15, -0.1) is 0 Å². The highest BCUT2D eigenvalue weighted by molar-refractivity contribution is 5.73. The van der Waals surface area contributed by atoms with Gasteiger partial charge in [0.05, 0.1) is 16.8 Å². The third-order valence-electron chi connectivity index (χ3n) is 4.56. The standard InChI is InChI=1S/C17H15F3N4O4/c1-9-6-14(23-7-12(16(25)26)13(8-23)17(18,19)20)22-15(21-9)10-2-4-11(5-3-10)24(27)28/h2-6,12-13H,7-8H2,1H3,(H,25,26)/t12-,13-/m1/s1. The number of hydrogen-bond donors (Lipinski definition) is 1. The first-order valence-corrected chi connectivity index (χ1v) is 8.21. The lowest BCUT2D eigenvalue weighted by atomic mass is 9.96. The molecule has 1 saturated heterocycles. The van der Waals surface area contributed by atoms with Gasteiger partial charge >= 0.3 is 12.1 Å². The molecule has 11 heteroatoms. The van der Waals surface area contributed by atoms with Crippen LogP contribution in [0.2, 0.25) is 0 Å². The fourth-order valence-corrected chi connectivity index (χ4v) is 3.15. The minimum Gasteiger partial charge on any atom is -0.481 e. The molecule has 0 amide bonds. The number of hydrogen-bond acceptors (Lipinski definition) is 6. The summed E-state index contributed by atoms with van der Waals surface area (Å²) >= 11 is 0. The van der Waals surface area contributed by atoms with Crippen LogP contribution in [0.25, 0.3) is 11.4 Å². The van der Waals surface area contributed by atoms with Crippen LogP contribution in [0.15, 0.2) is 30.3 Å². The maximum atomic E-state index is 13.2. The van der Waals surface area contributed by atoms with E-state index in [9.17, 15) is 28.1 Å². The Balaban J connectivity index is 1.93. The van der Waals surface area contributed by atoms with Crippen molar-refractivity contribution in [3.8, 4) is 11.4 Å². The van der Waals surface area contributed by atoms with E-state index in [1.807, 2.05) is 0 Å². The van der Waals surface area contributed by atoms with Crippen molar-refractivity contribution >= 4 is 17.5 Å². The number of nitrogens with zero attached hydrogens (tertiary/aromatic N) is 4. The van der Waals surface area contributed by atoms with E-state index in [1.165, 1.54) is 35.2 Å². The lowest BCUT2D eigenvalue weighted by molar-refractivity contribution is -0.384. The van der Waals surface area contributed by atoms with E-state index in [-0.39, 0.29) is 23.9 Å². The van der Waals surface area contributed by atoms with E-state index in [0.29, 0.717) is 11.3 Å². The molecule has 1 aliphatic heterocycles. The maximum absolute atomic E-state index is 13.2. The van der Waals surface area contributed by atoms with Crippen molar-refractivity contribution in [1.29, 1.82) is 0 Å². The molecule has 148 valence electrons. The van der Waals surface area contributed by atoms with Crippen LogP contribution < -0.4 is 4.90 Å². The second kappa shape index (κ2) is 7.06. The average molecular weight is 396 g/mol. The monoisotopic (exact) mass is 396 g/mol. The first-order chi connectivity index (χ1) is 13.1. The van der Waals surface area contributed by atoms with Crippen molar-refractivity contribution < 1.29 is 28.0 Å². The van der Waals surface area contributed by atoms with Crippen LogP contribution in [0.3, 0.4) is 0 Å². The van der Waals surface area contributed by atoms with Crippen molar-refractivity contribution in [3.63, 3.8) is 0 Å². The van der Waals surface area contributed by atoms with Crippen LogP contribution in [0, 0.1) is 28.9 Å². The van der Waals surface area contributed by atoms with E-state index < -0.39 is 35.4 Å². The van der Waals surface area contributed by atoms with Crippen LogP contribution in [0.4, 0.5) is 24.7 Å². The lowest BCUT2D eigenvalue weighted by Crippen LogP contribution is -2.33. The van der Waals surface area contributed by atoms with Crippen LogP contribution in [-0.4, -0.2) is 45.2 Å². The molecule has 1 aromatic heterocycles. The van der Waals surface area contributed by atoms with Gasteiger partial charge in [-0.05, 0) is 19.1 Å². The summed E-state index contributed by atoms with van der Waals surface area (Å²) in [6.45, 7) is 0.790. The molecular weight excluding hydrogens is 381 g/mol. The SMILES string of the molecule is Cc1cc(N2C[C@@H](C(F)(F)F)[C@H](C(=O)O)C2)nc(-c2ccc([N+](=O)[O-])cc2)n1. The van der Waals surface area contributed by atoms with Crippen molar-refractivity contribution in [2.45, 2.75) is 13.1 Å². The summed E-state index contributed by atoms with van der Waals surface area (Å²) in [5.74, 6) is -4.72. The van der Waals surface area contributed by atoms with Gasteiger partial charge in [-0.25, -0.2) is 9.97 Å². The number of aromatic nitrogens is 2. The molecule has 1 N–H and O–H groups in total. The molecule has 2 aromatic rings. The fourth-order valence-electron chi connectivity index (χ4n) is 3.15. The number of aryl methyl sites for hydroxylation is 1. The number of nitro groups is 1. The molecule has 1 fully saturated rings. The van der Waals surface area contributed by atoms with Crippen molar-refractivity contribution in [3.05, 3.63) is 46.1 Å². The molecule has 2 atom stereocenters. The summed E-state index contributed by atoms with van der Waals surface area (Å²) in [5.41, 5.74) is 0.811. The van der Waals surface area contributed by atoms with Crippen molar-refractivity contribution in [2.75, 3.05) is 18.0 Å². The summed E-state index contributed by atoms with van der Waals surface area (Å²) in [7, 11) is 0. The quantitative estimate of drug-likeness (QED) is 0.625. The molecule has 28 heavy (non-hydrogen) atoms. The van der Waals surface area contributed by atoms with Gasteiger partial charge < -0.3 is 10.0 Å². The Morgan fingerprint density at radius 3 is 2.39 bits per heavy atom. The van der Waals surface area contributed by atoms with Crippen LogP contribution in [0.1, 0.15) is 5.69 Å². The molecule has 8 nitrogen and oxygen atoms in total. The molecule has 0 radical (unpaired) electrons. The average Bonchev–Trinajstić information content (AvgIpc) is 3.07. The summed E-state index contributed by atoms with van der Waals surface area (Å²) < 4.78 is 39.6. The zero-order valence-corrected chi connectivity index (χ0v) is 14.6. The molecule has 0 aliphatic carbocycles. The first kappa shape index (κ1) is 19.5. The molecule has 1 aliphatic rings. The second-order valence-electron chi connectivity index (χ2n) is 6.49. The van der Waals surface area contributed by atoms with Gasteiger partial charge in [0.2, 0.25) is 0 Å². The number of rotatable bonds is 4. The molecular formula is C17H15F3N4O4. The van der Waals surface area contributed by atoms with E-state index in [1.54, 1.807) is 6.92 Å². The highest BCUT2D eigenvalue weighted by Crippen LogP contribution is 2.39. The number of anilines is 1. The molecule has 0 spiro atoms. The van der Waals surface area contributed by atoms with Crippen LogP contribution in [-0.2, 0) is 4.79 Å². The Hall–Kier alpha value is -3.24. The highest BCUT2D eigenvalue weighted by atomic mass is 19.4. The predicted octanol–water partition coefficient (Wildman–Crippen LogP) is 3.06. The number of carboxylic acids is 1. The van der Waals surface area contributed by atoms with E-state index in [2.05, 4.69) is 9.97 Å². The Kier molecular flexibility index (Phi) is 4.92. The van der Waals surface area contributed by atoms with Gasteiger partial charge in [0.15, 0.2) is 5.82 Å². The van der Waals surface area contributed by atoms with E-state index in [4.69, 9.17) is 5.11 Å². The van der Waals surface area contributed by atoms with Crippen LogP contribution in [0.5, 0.6) is 0 Å². The van der Waals surface area contributed by atoms with Gasteiger partial charge in [0, 0.05) is 42.5 Å². The third kappa shape index (κ3) is 3.87. The van der Waals surface area contributed by atoms with Gasteiger partial charge in [0.25, 0.3) is 5.69 Å². The summed E-state index contributed by atoms with van der Waals surface area (Å²) in [6, 6.07) is 6.92. The number of carboxylic acid groups (broad SMARTS) is 1. The first-order valence-electron chi connectivity index (χ1n) is 8.21. The zero-order valence-electron chi connectivity index (χ0n) is 14.6. The molecule has 2 heterocycles. The molecule has 0 unspecified atom stereocenters. The second-order valence-corrected chi connectivity index (χ2v) is 6.49. The molecule has 3 rings (SSSR count). The summed E-state index contributed by atoms with van der Waals surface area (Å²) in [4.78, 5) is 31.2. The number of aliphatic carboxylic acids is 1. The largest absolute Gasteiger partial charge is 0.481 e. The lowest BCUT2D eigenvalue weighted by Gasteiger charge is -2.19. The van der Waals surface area contributed by atoms with Gasteiger partial charge in [-0.2, -0.15) is 13.2 Å². The smallest absolute Gasteiger partial charge is 0.394 e. The molecule has 0 saturated carbocycles.